The van der Waals surface area contributed by atoms with E-state index in [2.05, 4.69) is 32.7 Å². The second kappa shape index (κ2) is 17.9. The summed E-state index contributed by atoms with van der Waals surface area (Å²) in [5, 5.41) is 51.3. The van der Waals surface area contributed by atoms with Crippen molar-refractivity contribution in [2.24, 2.45) is 10.9 Å². The number of β-lactam (4-membered cyclic amide) rings is 1. The lowest BCUT2D eigenvalue weighted by molar-refractivity contribution is -0.689. The van der Waals surface area contributed by atoms with Gasteiger partial charge in [0.2, 0.25) is 5.60 Å². The zero-order valence-corrected chi connectivity index (χ0v) is 33.1. The Morgan fingerprint density at radius 1 is 1.24 bits per heavy atom. The van der Waals surface area contributed by atoms with Crippen LogP contribution in [0.2, 0.25) is 0 Å². The SMILES string of the molecule is C=C1C=C(C(=O)NCCNc2c[n+](C/C=C/C3=C(C(=O)O)N4C(=O)[C@@H](NC(=O)/C(=N\OC(C)(C)C(=O)O)C5=C(Cl)SC(N)=CC=C5)C4SC3)cnc2N)N(O)C=C1O. The van der Waals surface area contributed by atoms with Gasteiger partial charge in [0, 0.05) is 30.0 Å². The zero-order valence-electron chi connectivity index (χ0n) is 30.7. The molecule has 1 fully saturated rings. The molecule has 1 unspecified atom stereocenters. The van der Waals surface area contributed by atoms with Crippen LogP contribution in [-0.4, -0.2) is 107 Å². The number of allylic oxidation sites excluding steroid dienone is 6. The molecule has 0 saturated carbocycles. The van der Waals surface area contributed by atoms with Gasteiger partial charge in [0.25, 0.3) is 29.9 Å². The van der Waals surface area contributed by atoms with Crippen LogP contribution in [0.4, 0.5) is 11.5 Å². The number of aromatic nitrogens is 2. The summed E-state index contributed by atoms with van der Waals surface area (Å²) in [5.41, 5.74) is 10.2. The number of aliphatic hydroxyl groups excluding tert-OH is 1. The van der Waals surface area contributed by atoms with Crippen LogP contribution in [-0.2, 0) is 35.4 Å². The number of halogens is 1. The number of nitrogens with two attached hydrogens (primary N) is 2. The Labute approximate surface area is 343 Å². The van der Waals surface area contributed by atoms with Crippen molar-refractivity contribution in [3.8, 4) is 0 Å². The van der Waals surface area contributed by atoms with Crippen molar-refractivity contribution in [1.82, 2.24) is 25.6 Å². The van der Waals surface area contributed by atoms with Crippen LogP contribution in [0.15, 0.2) is 110 Å². The maximum Gasteiger partial charge on any atom is 0.352 e. The first-order valence-corrected chi connectivity index (χ1v) is 19.2. The van der Waals surface area contributed by atoms with E-state index in [1.807, 2.05) is 0 Å². The predicted octanol–water partition coefficient (Wildman–Crippen LogP) is 1.11. The molecule has 1 aromatic heterocycles. The van der Waals surface area contributed by atoms with E-state index < -0.39 is 52.4 Å². The number of hydrogen-bond acceptors (Lipinski definition) is 16. The summed E-state index contributed by atoms with van der Waals surface area (Å²) in [6.07, 6.45) is 13.0. The summed E-state index contributed by atoms with van der Waals surface area (Å²) in [5.74, 6) is -4.91. The standard InChI is InChI=1S/C35H37ClN10O10S2/c1-17-12-21(45(55)14-22(17)47)29(48)40-10-9-39-20-13-44(16-41-28(20)38)11-5-6-18-15-57-32-25(31(50)46(32)26(18)33(51)52)42-30(49)24(43-56-35(2,3)34(53)54)19-7-4-8-23(37)58-27(19)36/h4-8,12-14,16,25,32,38-39,55H,1,9-11,15,37H2,2-3H3,(H5,40,42,47,48,49,51,52,53,54)/p+1/b6-5+,43-24-/t25-,32?/m1/s1. The summed E-state index contributed by atoms with van der Waals surface area (Å²) >= 11 is 8.56. The molecule has 2 atom stereocenters. The normalized spacial score (nSPS) is 19.8. The molecule has 0 bridgehead atoms. The number of carbonyl (C=O) groups excluding carboxylic acids is 3. The lowest BCUT2D eigenvalue weighted by Crippen LogP contribution is -2.71. The predicted molar refractivity (Wildman–Crippen MR) is 213 cm³/mol. The van der Waals surface area contributed by atoms with E-state index in [-0.39, 0.29) is 63.9 Å². The third kappa shape index (κ3) is 9.65. The number of hydroxylamine groups is 2. The number of carboxylic acid groups (broad SMARTS) is 2. The maximum absolute atomic E-state index is 13.7. The molecule has 0 aliphatic carbocycles. The van der Waals surface area contributed by atoms with Gasteiger partial charge in [-0.3, -0.25) is 24.5 Å². The number of nitrogen functional groups attached to an aromatic ring is 1. The molecule has 20 nitrogen and oxygen atoms in total. The number of aliphatic carboxylic acids is 2. The van der Waals surface area contributed by atoms with Crippen molar-refractivity contribution in [3.63, 3.8) is 0 Å². The molecule has 1 saturated heterocycles. The number of amides is 3. The van der Waals surface area contributed by atoms with Crippen LogP contribution in [0.1, 0.15) is 13.8 Å². The van der Waals surface area contributed by atoms with Gasteiger partial charge in [0.05, 0.1) is 15.6 Å². The average molecular weight is 858 g/mol. The van der Waals surface area contributed by atoms with E-state index in [4.69, 9.17) is 27.9 Å². The molecule has 0 radical (unpaired) electrons. The molecule has 5 rings (SSSR count). The van der Waals surface area contributed by atoms with E-state index in [1.165, 1.54) is 56.2 Å². The molecule has 0 spiro atoms. The molecule has 306 valence electrons. The van der Waals surface area contributed by atoms with Crippen LogP contribution in [0.3, 0.4) is 0 Å². The highest BCUT2D eigenvalue weighted by molar-refractivity contribution is 8.08. The highest BCUT2D eigenvalue weighted by atomic mass is 35.5. The second-order valence-electron chi connectivity index (χ2n) is 13.0. The molecule has 4 aliphatic heterocycles. The van der Waals surface area contributed by atoms with Crippen LogP contribution >= 0.6 is 35.1 Å². The zero-order chi connectivity index (χ0) is 42.5. The number of carboxylic acids is 2. The van der Waals surface area contributed by atoms with Crippen LogP contribution in [0, 0.1) is 0 Å². The molecule has 0 aromatic carbocycles. The van der Waals surface area contributed by atoms with Crippen LogP contribution in [0.25, 0.3) is 0 Å². The van der Waals surface area contributed by atoms with E-state index in [0.717, 1.165) is 22.9 Å². The Kier molecular flexibility index (Phi) is 13.3. The fourth-order valence-corrected chi connectivity index (χ4v) is 7.66. The topological polar surface area (TPSA) is 299 Å². The Bertz CT molecular complexity index is 2210. The highest BCUT2D eigenvalue weighted by Crippen LogP contribution is 2.41. The molecular formula is C35H38ClN10O10S2+. The van der Waals surface area contributed by atoms with Crippen molar-refractivity contribution >= 4 is 82.0 Å². The molecule has 23 heteroatoms. The molecule has 5 heterocycles. The number of anilines is 2. The van der Waals surface area contributed by atoms with Gasteiger partial charge in [-0.25, -0.2) is 19.2 Å². The van der Waals surface area contributed by atoms with Gasteiger partial charge >= 0.3 is 11.9 Å². The number of hydrogen-bond donors (Lipinski definition) is 9. The van der Waals surface area contributed by atoms with Crippen LogP contribution < -0.4 is 32.0 Å². The number of nitrogens with zero attached hydrogens (tertiary/aromatic N) is 5. The molecular weight excluding hydrogens is 820 g/mol. The van der Waals surface area contributed by atoms with E-state index in [1.54, 1.807) is 22.9 Å². The van der Waals surface area contributed by atoms with E-state index >= 15 is 0 Å². The van der Waals surface area contributed by atoms with Gasteiger partial charge < -0.3 is 47.6 Å². The summed E-state index contributed by atoms with van der Waals surface area (Å²) in [7, 11) is 0. The van der Waals surface area contributed by atoms with Crippen molar-refractivity contribution < 1.29 is 53.9 Å². The minimum atomic E-state index is -1.84. The Balaban J connectivity index is 1.23. The number of aliphatic hydroxyl groups is 1. The fourth-order valence-electron chi connectivity index (χ4n) is 5.29. The van der Waals surface area contributed by atoms with Gasteiger partial charge in [-0.1, -0.05) is 53.3 Å². The Morgan fingerprint density at radius 3 is 2.69 bits per heavy atom. The van der Waals surface area contributed by atoms with Crippen molar-refractivity contribution in [2.75, 3.05) is 29.9 Å². The minimum absolute atomic E-state index is 0.0260. The summed E-state index contributed by atoms with van der Waals surface area (Å²) < 4.78 is 1.68. The number of nitrogens with one attached hydrogen (secondary N) is 3. The van der Waals surface area contributed by atoms with Gasteiger partial charge in [-0.2, -0.15) is 0 Å². The van der Waals surface area contributed by atoms with Gasteiger partial charge in [-0.05, 0) is 42.6 Å². The number of thioether (sulfide) groups is 2. The quantitative estimate of drug-likeness (QED) is 0.0392. The summed E-state index contributed by atoms with van der Waals surface area (Å²) in [6, 6.07) is -1.17. The monoisotopic (exact) mass is 857 g/mol. The number of oxime groups is 1. The summed E-state index contributed by atoms with van der Waals surface area (Å²) in [6.45, 7) is 6.60. The van der Waals surface area contributed by atoms with Gasteiger partial charge in [-0.15, -0.1) is 11.8 Å². The third-order valence-corrected chi connectivity index (χ3v) is 10.9. The first kappa shape index (κ1) is 42.9. The third-order valence-electron chi connectivity index (χ3n) is 8.42. The van der Waals surface area contributed by atoms with Crippen molar-refractivity contribution in [1.29, 1.82) is 0 Å². The average Bonchev–Trinajstić information content (AvgIpc) is 3.33. The second-order valence-corrected chi connectivity index (χ2v) is 15.8. The lowest BCUT2D eigenvalue weighted by atomic mass is 10.0. The smallest absolute Gasteiger partial charge is 0.352 e. The van der Waals surface area contributed by atoms with E-state index in [9.17, 15) is 44.5 Å². The fraction of sp³-hybridized carbons (Fsp3) is 0.257. The molecule has 11 N–H and O–H groups in total. The lowest BCUT2D eigenvalue weighted by Gasteiger charge is -2.49. The number of fused-ring (bicyclic) bond motifs is 1. The number of carbonyl (C=O) groups is 5. The largest absolute Gasteiger partial charge is 0.506 e. The molecule has 3 amide bonds. The Hall–Kier alpha value is -6.23. The molecule has 58 heavy (non-hydrogen) atoms. The van der Waals surface area contributed by atoms with Crippen LogP contribution in [0.5, 0.6) is 0 Å². The van der Waals surface area contributed by atoms with Gasteiger partial charge in [0.15, 0.2) is 5.71 Å². The van der Waals surface area contributed by atoms with Crippen molar-refractivity contribution in [3.05, 3.63) is 105 Å². The number of rotatable bonds is 15. The summed E-state index contributed by atoms with van der Waals surface area (Å²) in [4.78, 5) is 74.2. The first-order valence-electron chi connectivity index (χ1n) is 17.0. The van der Waals surface area contributed by atoms with Gasteiger partial charge in [0.1, 0.15) is 47.0 Å². The van der Waals surface area contributed by atoms with Crippen molar-refractivity contribution in [2.45, 2.75) is 37.4 Å². The molecule has 1 aromatic rings. The highest BCUT2D eigenvalue weighted by Gasteiger charge is 2.54. The first-order chi connectivity index (χ1) is 27.4. The van der Waals surface area contributed by atoms with E-state index in [0.29, 0.717) is 21.4 Å². The Morgan fingerprint density at radius 2 is 1.98 bits per heavy atom. The molecule has 4 aliphatic rings. The minimum Gasteiger partial charge on any atom is -0.506 e. The maximum atomic E-state index is 13.7.